The molecule has 0 N–H and O–H groups in total. The molecule has 3 aromatic carbocycles. The maximum atomic E-state index is 13.1. The molecule has 1 heterocycles. The van der Waals surface area contributed by atoms with Crippen LogP contribution in [0.4, 0.5) is 0 Å². The first-order valence-corrected chi connectivity index (χ1v) is 10.9. The Hall–Kier alpha value is -3.92. The van der Waals surface area contributed by atoms with Crippen LogP contribution in [-0.2, 0) is 6.42 Å². The van der Waals surface area contributed by atoms with Crippen molar-refractivity contribution in [1.82, 2.24) is 4.98 Å². The first-order valence-electron chi connectivity index (χ1n) is 10.9. The summed E-state index contributed by atoms with van der Waals surface area (Å²) in [6.07, 6.45) is 0.316. The fourth-order valence-corrected chi connectivity index (χ4v) is 4.06. The van der Waals surface area contributed by atoms with Gasteiger partial charge in [0, 0.05) is 23.1 Å². The molecular weight excluding hydrogens is 410 g/mol. The monoisotopic (exact) mass is 437 g/mol. The largest absolute Gasteiger partial charge is 0.497 e. The summed E-state index contributed by atoms with van der Waals surface area (Å²) >= 11 is 0. The molecule has 0 saturated carbocycles. The lowest BCUT2D eigenvalue weighted by Gasteiger charge is -2.18. The molecule has 0 aliphatic carbocycles. The van der Waals surface area contributed by atoms with E-state index in [0.717, 1.165) is 50.7 Å². The lowest BCUT2D eigenvalue weighted by molar-refractivity contribution is 0.0992. The van der Waals surface area contributed by atoms with Gasteiger partial charge in [-0.05, 0) is 79.1 Å². The maximum Gasteiger partial charge on any atom is 0.167 e. The van der Waals surface area contributed by atoms with Gasteiger partial charge in [-0.25, -0.2) is 4.98 Å². The lowest BCUT2D eigenvalue weighted by atomic mass is 9.90. The molecular formula is C29H27NO3. The Morgan fingerprint density at radius 3 is 1.58 bits per heavy atom. The fraction of sp³-hybridized carbons (Fsp3) is 0.172. The summed E-state index contributed by atoms with van der Waals surface area (Å²) in [5.74, 6) is 1.67. The van der Waals surface area contributed by atoms with E-state index in [1.165, 1.54) is 0 Å². The highest BCUT2D eigenvalue weighted by Gasteiger charge is 2.19. The predicted molar refractivity (Wildman–Crippen MR) is 132 cm³/mol. The van der Waals surface area contributed by atoms with Crippen LogP contribution in [0.25, 0.3) is 22.5 Å². The summed E-state index contributed by atoms with van der Waals surface area (Å²) in [6, 6.07) is 25.2. The summed E-state index contributed by atoms with van der Waals surface area (Å²) < 4.78 is 10.6. The normalized spacial score (nSPS) is 10.7. The van der Waals surface area contributed by atoms with E-state index >= 15 is 0 Å². The van der Waals surface area contributed by atoms with Gasteiger partial charge in [0.1, 0.15) is 11.5 Å². The van der Waals surface area contributed by atoms with Crippen molar-refractivity contribution in [2.75, 3.05) is 14.2 Å². The van der Waals surface area contributed by atoms with Crippen molar-refractivity contribution in [3.05, 3.63) is 101 Å². The summed E-state index contributed by atoms with van der Waals surface area (Å²) in [4.78, 5) is 18.2. The molecule has 1 aromatic heterocycles. The minimum absolute atomic E-state index is 0.0920. The van der Waals surface area contributed by atoms with Gasteiger partial charge < -0.3 is 9.47 Å². The molecule has 0 aliphatic rings. The average Bonchev–Trinajstić information content (AvgIpc) is 2.87. The molecule has 0 atom stereocenters. The summed E-state index contributed by atoms with van der Waals surface area (Å²) in [6.45, 7) is 4.09. The SMILES string of the molecule is COc1ccc(-c2nc(-c3ccc(OC)cc3)c(C)c(CC(=O)c3ccccc3)c2C)cc1. The van der Waals surface area contributed by atoms with Gasteiger partial charge in [-0.2, -0.15) is 0 Å². The number of methoxy groups -OCH3 is 2. The Kier molecular flexibility index (Phi) is 6.55. The molecule has 4 nitrogen and oxygen atoms in total. The van der Waals surface area contributed by atoms with Crippen LogP contribution in [0.15, 0.2) is 78.9 Å². The van der Waals surface area contributed by atoms with Gasteiger partial charge in [0.15, 0.2) is 5.78 Å². The van der Waals surface area contributed by atoms with Gasteiger partial charge >= 0.3 is 0 Å². The molecule has 0 saturated heterocycles. The number of pyridine rings is 1. The molecule has 33 heavy (non-hydrogen) atoms. The molecule has 0 spiro atoms. The number of hydrogen-bond donors (Lipinski definition) is 0. The van der Waals surface area contributed by atoms with Gasteiger partial charge in [0.25, 0.3) is 0 Å². The predicted octanol–water partition coefficient (Wildman–Crippen LogP) is 6.48. The van der Waals surface area contributed by atoms with Crippen LogP contribution in [0, 0.1) is 13.8 Å². The van der Waals surface area contributed by atoms with Crippen LogP contribution in [0.5, 0.6) is 11.5 Å². The molecule has 0 unspecified atom stereocenters. The summed E-state index contributed by atoms with van der Waals surface area (Å²) in [7, 11) is 3.30. The third-order valence-electron chi connectivity index (χ3n) is 6.00. The standard InChI is InChI=1S/C29H27NO3/c1-19-26(18-27(31)21-8-6-5-7-9-21)20(2)29(23-12-16-25(33-4)17-13-23)30-28(19)22-10-14-24(32-3)15-11-22/h5-17H,18H2,1-4H3. The van der Waals surface area contributed by atoms with Gasteiger partial charge in [-0.15, -0.1) is 0 Å². The third kappa shape index (κ3) is 4.65. The highest BCUT2D eigenvalue weighted by Crippen LogP contribution is 2.34. The molecule has 0 bridgehead atoms. The van der Waals surface area contributed by atoms with Gasteiger partial charge in [0.2, 0.25) is 0 Å². The molecule has 4 rings (SSSR count). The van der Waals surface area contributed by atoms with Crippen molar-refractivity contribution in [1.29, 1.82) is 0 Å². The van der Waals surface area contributed by atoms with E-state index in [9.17, 15) is 4.79 Å². The number of benzene rings is 3. The van der Waals surface area contributed by atoms with E-state index in [1.807, 2.05) is 92.7 Å². The van der Waals surface area contributed by atoms with Crippen molar-refractivity contribution >= 4 is 5.78 Å². The van der Waals surface area contributed by atoms with Crippen LogP contribution < -0.4 is 9.47 Å². The zero-order valence-corrected chi connectivity index (χ0v) is 19.4. The zero-order valence-electron chi connectivity index (χ0n) is 19.4. The highest BCUT2D eigenvalue weighted by molar-refractivity contribution is 5.98. The van der Waals surface area contributed by atoms with E-state index in [2.05, 4.69) is 0 Å². The molecule has 0 amide bonds. The highest BCUT2D eigenvalue weighted by atomic mass is 16.5. The topological polar surface area (TPSA) is 48.4 Å². The second-order valence-corrected chi connectivity index (χ2v) is 7.96. The Morgan fingerprint density at radius 1 is 0.697 bits per heavy atom. The Balaban J connectivity index is 1.86. The Morgan fingerprint density at radius 2 is 1.15 bits per heavy atom. The van der Waals surface area contributed by atoms with E-state index in [4.69, 9.17) is 14.5 Å². The van der Waals surface area contributed by atoms with E-state index < -0.39 is 0 Å². The van der Waals surface area contributed by atoms with E-state index in [0.29, 0.717) is 12.0 Å². The maximum absolute atomic E-state index is 13.1. The van der Waals surface area contributed by atoms with E-state index in [-0.39, 0.29) is 5.78 Å². The Bertz CT molecular complexity index is 1190. The van der Waals surface area contributed by atoms with Gasteiger partial charge in [-0.3, -0.25) is 4.79 Å². The van der Waals surface area contributed by atoms with Crippen molar-refractivity contribution in [2.45, 2.75) is 20.3 Å². The number of carbonyl (C=O) groups is 1. The molecule has 4 aromatic rings. The number of hydrogen-bond acceptors (Lipinski definition) is 4. The van der Waals surface area contributed by atoms with Crippen LogP contribution in [0.3, 0.4) is 0 Å². The number of nitrogens with zero attached hydrogens (tertiary/aromatic N) is 1. The Labute approximate surface area is 194 Å². The number of aromatic nitrogens is 1. The fourth-order valence-electron chi connectivity index (χ4n) is 4.06. The van der Waals surface area contributed by atoms with Crippen molar-refractivity contribution in [3.8, 4) is 34.0 Å². The number of carbonyl (C=O) groups excluding carboxylic acids is 1. The molecule has 0 aliphatic heterocycles. The first kappa shape index (κ1) is 22.3. The summed E-state index contributed by atoms with van der Waals surface area (Å²) in [5, 5.41) is 0. The number of ether oxygens (including phenoxy) is 2. The van der Waals surface area contributed by atoms with Crippen LogP contribution in [-0.4, -0.2) is 25.0 Å². The average molecular weight is 438 g/mol. The minimum Gasteiger partial charge on any atom is -0.497 e. The van der Waals surface area contributed by atoms with Crippen molar-refractivity contribution in [2.24, 2.45) is 0 Å². The van der Waals surface area contributed by atoms with Gasteiger partial charge in [0.05, 0.1) is 25.6 Å². The molecule has 166 valence electrons. The lowest BCUT2D eigenvalue weighted by Crippen LogP contribution is -2.10. The van der Waals surface area contributed by atoms with E-state index in [1.54, 1.807) is 14.2 Å². The second kappa shape index (κ2) is 9.70. The van der Waals surface area contributed by atoms with Crippen molar-refractivity contribution in [3.63, 3.8) is 0 Å². The van der Waals surface area contributed by atoms with Crippen LogP contribution in [0.2, 0.25) is 0 Å². The third-order valence-corrected chi connectivity index (χ3v) is 6.00. The van der Waals surface area contributed by atoms with Crippen LogP contribution in [0.1, 0.15) is 27.0 Å². The number of ketones is 1. The second-order valence-electron chi connectivity index (χ2n) is 7.96. The van der Waals surface area contributed by atoms with Crippen molar-refractivity contribution < 1.29 is 14.3 Å². The first-order chi connectivity index (χ1) is 16.0. The summed E-state index contributed by atoms with van der Waals surface area (Å²) in [5.41, 5.74) is 7.45. The number of Topliss-reactive ketones (excluding diaryl/α,β-unsaturated/α-hetero) is 1. The molecule has 4 heteroatoms. The van der Waals surface area contributed by atoms with Gasteiger partial charge in [-0.1, -0.05) is 30.3 Å². The zero-order chi connectivity index (χ0) is 23.4. The smallest absolute Gasteiger partial charge is 0.167 e. The molecule has 0 radical (unpaired) electrons. The number of rotatable bonds is 7. The molecule has 0 fully saturated rings. The quantitative estimate of drug-likeness (QED) is 0.311. The van der Waals surface area contributed by atoms with Crippen LogP contribution >= 0.6 is 0 Å². The minimum atomic E-state index is 0.0920.